The molecule has 2 bridgehead atoms. The van der Waals surface area contributed by atoms with Gasteiger partial charge in [0.1, 0.15) is 11.6 Å². The molecule has 0 spiro atoms. The van der Waals surface area contributed by atoms with Crippen LogP contribution in [0.25, 0.3) is 0 Å². The molecule has 0 radical (unpaired) electrons. The number of nitrogens with one attached hydrogen (secondary N) is 2. The van der Waals surface area contributed by atoms with Gasteiger partial charge in [0.25, 0.3) is 5.91 Å². The van der Waals surface area contributed by atoms with Gasteiger partial charge in [0.15, 0.2) is 6.61 Å². The maximum atomic E-state index is 13.4. The second-order valence-electron chi connectivity index (χ2n) is 6.82. The maximum absolute atomic E-state index is 13.4. The third-order valence-electron chi connectivity index (χ3n) is 5.48. The molecule has 0 aromatic heterocycles. The molecule has 4 rings (SSSR count). The molecule has 0 heterocycles. The highest BCUT2D eigenvalue weighted by Crippen LogP contribution is 2.46. The number of rotatable bonds is 5. The van der Waals surface area contributed by atoms with E-state index in [4.69, 9.17) is 16.3 Å². The molecule has 0 aliphatic heterocycles. The molecule has 3 aliphatic rings. The van der Waals surface area contributed by atoms with Gasteiger partial charge in [-0.1, -0.05) is 11.6 Å². The number of halogens is 2. The SMILES string of the molecule is CNC12CCC(NC(=O)COc3ccc(Cl)c(F)c3)(CC1)C[C@@H]2O. The summed E-state index contributed by atoms with van der Waals surface area (Å²) in [6, 6.07) is 4.06. The molecule has 1 amide bonds. The average molecular weight is 357 g/mol. The van der Waals surface area contributed by atoms with Gasteiger partial charge in [-0.2, -0.15) is 0 Å². The molecule has 1 aromatic carbocycles. The molecule has 3 N–H and O–H groups in total. The van der Waals surface area contributed by atoms with Gasteiger partial charge in [-0.25, -0.2) is 4.39 Å². The molecule has 3 saturated carbocycles. The van der Waals surface area contributed by atoms with Crippen LogP contribution in [0.1, 0.15) is 32.1 Å². The lowest BCUT2D eigenvalue weighted by Gasteiger charge is -2.56. The minimum absolute atomic E-state index is 0.0112. The largest absolute Gasteiger partial charge is 0.484 e. The first-order valence-electron chi connectivity index (χ1n) is 8.14. The highest BCUT2D eigenvalue weighted by Gasteiger charge is 2.53. The summed E-state index contributed by atoms with van der Waals surface area (Å²) in [7, 11) is 1.87. The van der Waals surface area contributed by atoms with E-state index in [9.17, 15) is 14.3 Å². The predicted octanol–water partition coefficient (Wildman–Crippen LogP) is 2.01. The Morgan fingerprint density at radius 3 is 2.71 bits per heavy atom. The fourth-order valence-electron chi connectivity index (χ4n) is 3.92. The van der Waals surface area contributed by atoms with Crippen LogP contribution in [0.4, 0.5) is 4.39 Å². The third-order valence-corrected chi connectivity index (χ3v) is 5.79. The van der Waals surface area contributed by atoms with Crippen molar-refractivity contribution in [2.24, 2.45) is 0 Å². The van der Waals surface area contributed by atoms with Gasteiger partial charge in [-0.3, -0.25) is 4.79 Å². The Hall–Kier alpha value is -1.37. The average Bonchev–Trinajstić information content (AvgIpc) is 2.57. The van der Waals surface area contributed by atoms with E-state index in [-0.39, 0.29) is 34.4 Å². The first-order chi connectivity index (χ1) is 11.4. The Morgan fingerprint density at radius 2 is 2.12 bits per heavy atom. The zero-order valence-corrected chi connectivity index (χ0v) is 14.3. The van der Waals surface area contributed by atoms with E-state index >= 15 is 0 Å². The fraction of sp³-hybridized carbons (Fsp3) is 0.588. The molecule has 7 heteroatoms. The number of aliphatic hydroxyl groups excluding tert-OH is 1. The van der Waals surface area contributed by atoms with Gasteiger partial charge in [0.05, 0.1) is 11.1 Å². The Balaban J connectivity index is 1.56. The second kappa shape index (κ2) is 6.50. The van der Waals surface area contributed by atoms with Crippen molar-refractivity contribution in [3.63, 3.8) is 0 Å². The van der Waals surface area contributed by atoms with Crippen molar-refractivity contribution in [2.45, 2.75) is 49.3 Å². The normalized spacial score (nSPS) is 31.8. The molecular weight excluding hydrogens is 335 g/mol. The van der Waals surface area contributed by atoms with E-state index in [2.05, 4.69) is 10.6 Å². The molecule has 3 fully saturated rings. The lowest BCUT2D eigenvalue weighted by molar-refractivity contribution is -0.129. The minimum Gasteiger partial charge on any atom is -0.484 e. The molecule has 0 unspecified atom stereocenters. The lowest BCUT2D eigenvalue weighted by Crippen LogP contribution is -2.69. The van der Waals surface area contributed by atoms with Gasteiger partial charge in [0, 0.05) is 17.1 Å². The lowest BCUT2D eigenvalue weighted by atomic mass is 9.60. The summed E-state index contributed by atoms with van der Waals surface area (Å²) >= 11 is 5.61. The van der Waals surface area contributed by atoms with Crippen LogP contribution in [-0.4, -0.2) is 41.9 Å². The van der Waals surface area contributed by atoms with Gasteiger partial charge < -0.3 is 20.5 Å². The van der Waals surface area contributed by atoms with Crippen LogP contribution in [0, 0.1) is 5.82 Å². The van der Waals surface area contributed by atoms with Crippen molar-refractivity contribution in [2.75, 3.05) is 13.7 Å². The fourth-order valence-corrected chi connectivity index (χ4v) is 4.04. The number of carbonyl (C=O) groups excluding carboxylic acids is 1. The molecule has 132 valence electrons. The highest BCUT2D eigenvalue weighted by atomic mass is 35.5. The zero-order chi connectivity index (χ0) is 17.4. The number of aliphatic hydroxyl groups is 1. The number of benzene rings is 1. The summed E-state index contributed by atoms with van der Waals surface area (Å²) in [6.45, 7) is -0.198. The molecule has 0 saturated heterocycles. The summed E-state index contributed by atoms with van der Waals surface area (Å²) in [5.74, 6) is -0.596. The Kier molecular flexibility index (Phi) is 4.73. The van der Waals surface area contributed by atoms with E-state index in [0.717, 1.165) is 31.7 Å². The predicted molar refractivity (Wildman–Crippen MR) is 88.7 cm³/mol. The molecule has 1 atom stereocenters. The van der Waals surface area contributed by atoms with Crippen LogP contribution >= 0.6 is 11.6 Å². The van der Waals surface area contributed by atoms with Crippen LogP contribution in [0.5, 0.6) is 5.75 Å². The standard InChI is InChI=1S/C17H22ClFN2O3/c1-20-17-6-4-16(5-7-17,9-14(17)22)21-15(23)10-24-11-2-3-12(18)13(19)8-11/h2-3,8,14,20,22H,4-7,9-10H2,1H3,(H,21,23)/t14-,16?,17?/m0/s1. The van der Waals surface area contributed by atoms with Gasteiger partial charge >= 0.3 is 0 Å². The molecular formula is C17H22ClFN2O3. The summed E-state index contributed by atoms with van der Waals surface area (Å²) in [5.41, 5.74) is -0.590. The zero-order valence-electron chi connectivity index (χ0n) is 13.6. The first-order valence-corrected chi connectivity index (χ1v) is 8.52. The van der Waals surface area contributed by atoms with Crippen molar-refractivity contribution in [1.82, 2.24) is 10.6 Å². The van der Waals surface area contributed by atoms with Crippen molar-refractivity contribution in [3.8, 4) is 5.75 Å². The Labute approximate surface area is 145 Å². The smallest absolute Gasteiger partial charge is 0.258 e. The Bertz CT molecular complexity index is 632. The number of amides is 1. The number of hydrogen-bond donors (Lipinski definition) is 3. The number of carbonyl (C=O) groups is 1. The van der Waals surface area contributed by atoms with E-state index in [1.807, 2.05) is 7.05 Å². The molecule has 24 heavy (non-hydrogen) atoms. The van der Waals surface area contributed by atoms with E-state index in [0.29, 0.717) is 6.42 Å². The molecule has 3 aliphatic carbocycles. The van der Waals surface area contributed by atoms with Crippen LogP contribution in [-0.2, 0) is 4.79 Å². The van der Waals surface area contributed by atoms with Crippen LogP contribution < -0.4 is 15.4 Å². The molecule has 1 aromatic rings. The molecule has 5 nitrogen and oxygen atoms in total. The number of hydrogen-bond acceptors (Lipinski definition) is 4. The van der Waals surface area contributed by atoms with E-state index < -0.39 is 11.9 Å². The first kappa shape index (κ1) is 17.5. The summed E-state index contributed by atoms with van der Waals surface area (Å²) in [4.78, 5) is 12.2. The number of likely N-dealkylation sites (N-methyl/N-ethyl adjacent to an activating group) is 1. The van der Waals surface area contributed by atoms with Crippen molar-refractivity contribution >= 4 is 17.5 Å². The van der Waals surface area contributed by atoms with Crippen molar-refractivity contribution in [3.05, 3.63) is 29.0 Å². The monoisotopic (exact) mass is 356 g/mol. The number of ether oxygens (including phenoxy) is 1. The third kappa shape index (κ3) is 3.23. The summed E-state index contributed by atoms with van der Waals surface area (Å²) < 4.78 is 18.7. The van der Waals surface area contributed by atoms with Gasteiger partial charge in [-0.05, 0) is 51.3 Å². The second-order valence-corrected chi connectivity index (χ2v) is 7.23. The minimum atomic E-state index is -0.584. The summed E-state index contributed by atoms with van der Waals surface area (Å²) in [6.07, 6.45) is 3.37. The van der Waals surface area contributed by atoms with Gasteiger partial charge in [0.2, 0.25) is 0 Å². The van der Waals surface area contributed by atoms with E-state index in [1.165, 1.54) is 12.1 Å². The Morgan fingerprint density at radius 1 is 1.42 bits per heavy atom. The van der Waals surface area contributed by atoms with E-state index in [1.54, 1.807) is 0 Å². The van der Waals surface area contributed by atoms with Crippen LogP contribution in [0.15, 0.2) is 18.2 Å². The van der Waals surface area contributed by atoms with Crippen molar-refractivity contribution < 1.29 is 19.0 Å². The highest BCUT2D eigenvalue weighted by molar-refractivity contribution is 6.30. The topological polar surface area (TPSA) is 70.6 Å². The van der Waals surface area contributed by atoms with Crippen LogP contribution in [0.2, 0.25) is 5.02 Å². The number of fused-ring (bicyclic) bond motifs is 3. The quantitative estimate of drug-likeness (QED) is 0.754. The summed E-state index contributed by atoms with van der Waals surface area (Å²) in [5, 5.41) is 16.7. The van der Waals surface area contributed by atoms with Gasteiger partial charge in [-0.15, -0.1) is 0 Å². The maximum Gasteiger partial charge on any atom is 0.258 e. The van der Waals surface area contributed by atoms with Crippen molar-refractivity contribution in [1.29, 1.82) is 0 Å². The van der Waals surface area contributed by atoms with Crippen LogP contribution in [0.3, 0.4) is 0 Å².